The normalized spacial score (nSPS) is 16.9. The number of halogens is 1. The van der Waals surface area contributed by atoms with E-state index >= 15 is 0 Å². The van der Waals surface area contributed by atoms with E-state index in [0.29, 0.717) is 28.8 Å². The Kier molecular flexibility index (Phi) is 4.95. The molecule has 1 atom stereocenters. The number of aryl methyl sites for hydroxylation is 1. The number of anilines is 1. The molecule has 9 heteroatoms. The van der Waals surface area contributed by atoms with Crippen molar-refractivity contribution < 1.29 is 9.45 Å². The molecule has 1 aliphatic heterocycles. The van der Waals surface area contributed by atoms with Crippen LogP contribution in [0.3, 0.4) is 0 Å². The predicted molar refractivity (Wildman–Crippen MR) is 105 cm³/mol. The topological polar surface area (TPSA) is 98.2 Å². The van der Waals surface area contributed by atoms with Gasteiger partial charge in [-0.25, -0.2) is 4.98 Å². The molecule has 3 aromatic rings. The summed E-state index contributed by atoms with van der Waals surface area (Å²) < 4.78 is 5.52. The second-order valence-electron chi connectivity index (χ2n) is 6.83. The van der Waals surface area contributed by atoms with Crippen LogP contribution in [0.15, 0.2) is 41.1 Å². The fourth-order valence-corrected chi connectivity index (χ4v) is 3.53. The SMILES string of the molecule is Cc1cc(N2CCCC(c3nc(-c4ccc(Cl)cc4)no3)C2)ncc1[N+](=O)[O-]. The lowest BCUT2D eigenvalue weighted by atomic mass is 9.98. The minimum atomic E-state index is -0.415. The molecule has 8 nitrogen and oxygen atoms in total. The van der Waals surface area contributed by atoms with Gasteiger partial charge < -0.3 is 9.42 Å². The first-order valence-electron chi connectivity index (χ1n) is 8.97. The summed E-state index contributed by atoms with van der Waals surface area (Å²) in [5, 5.41) is 15.8. The maximum Gasteiger partial charge on any atom is 0.290 e. The number of benzene rings is 1. The van der Waals surface area contributed by atoms with Crippen LogP contribution in [0.2, 0.25) is 5.02 Å². The summed E-state index contributed by atoms with van der Waals surface area (Å²) >= 11 is 5.93. The van der Waals surface area contributed by atoms with Gasteiger partial charge in [0.2, 0.25) is 11.7 Å². The molecule has 144 valence electrons. The van der Waals surface area contributed by atoms with Gasteiger partial charge in [-0.3, -0.25) is 10.1 Å². The molecule has 1 saturated heterocycles. The molecule has 0 bridgehead atoms. The van der Waals surface area contributed by atoms with Gasteiger partial charge in [-0.1, -0.05) is 16.8 Å². The molecule has 0 amide bonds. The summed E-state index contributed by atoms with van der Waals surface area (Å²) in [7, 11) is 0. The van der Waals surface area contributed by atoms with Gasteiger partial charge in [0.1, 0.15) is 12.0 Å². The van der Waals surface area contributed by atoms with E-state index in [1.54, 1.807) is 25.1 Å². The number of hydrogen-bond donors (Lipinski definition) is 0. The van der Waals surface area contributed by atoms with Crippen molar-refractivity contribution in [1.29, 1.82) is 0 Å². The predicted octanol–water partition coefficient (Wildman–Crippen LogP) is 4.39. The maximum absolute atomic E-state index is 11.0. The molecular weight excluding hydrogens is 382 g/mol. The van der Waals surface area contributed by atoms with Crippen molar-refractivity contribution in [2.24, 2.45) is 0 Å². The molecule has 1 aromatic carbocycles. The molecule has 0 N–H and O–H groups in total. The second kappa shape index (κ2) is 7.55. The summed E-state index contributed by atoms with van der Waals surface area (Å²) in [6.07, 6.45) is 3.20. The van der Waals surface area contributed by atoms with Gasteiger partial charge in [-0.05, 0) is 50.1 Å². The van der Waals surface area contributed by atoms with Gasteiger partial charge in [0.05, 0.1) is 10.8 Å². The first-order valence-corrected chi connectivity index (χ1v) is 9.34. The fraction of sp³-hybridized carbons (Fsp3) is 0.316. The zero-order valence-corrected chi connectivity index (χ0v) is 16.0. The lowest BCUT2D eigenvalue weighted by Crippen LogP contribution is -2.35. The van der Waals surface area contributed by atoms with Crippen LogP contribution in [0.5, 0.6) is 0 Å². The first kappa shape index (κ1) is 18.4. The standard InChI is InChI=1S/C19H18ClN5O3/c1-12-9-17(21-10-16(12)25(26)27)24-8-2-3-14(11-24)19-22-18(23-28-19)13-4-6-15(20)7-5-13/h4-7,9-10,14H,2-3,8,11H2,1H3. The van der Waals surface area contributed by atoms with Gasteiger partial charge in [-0.15, -0.1) is 0 Å². The number of piperidine rings is 1. The van der Waals surface area contributed by atoms with Gasteiger partial charge in [0.15, 0.2) is 0 Å². The zero-order chi connectivity index (χ0) is 19.7. The average molecular weight is 400 g/mol. The quantitative estimate of drug-likeness (QED) is 0.474. The third-order valence-corrected chi connectivity index (χ3v) is 5.16. The van der Waals surface area contributed by atoms with Crippen molar-refractivity contribution in [2.75, 3.05) is 18.0 Å². The molecule has 1 fully saturated rings. The smallest absolute Gasteiger partial charge is 0.290 e. The Bertz CT molecular complexity index is 1010. The van der Waals surface area contributed by atoms with Crippen LogP contribution < -0.4 is 4.90 Å². The van der Waals surface area contributed by atoms with Crippen molar-refractivity contribution in [1.82, 2.24) is 15.1 Å². The molecule has 3 heterocycles. The van der Waals surface area contributed by atoms with Crippen molar-refractivity contribution in [3.05, 3.63) is 63.1 Å². The van der Waals surface area contributed by atoms with E-state index in [2.05, 4.69) is 20.0 Å². The molecule has 1 unspecified atom stereocenters. The lowest BCUT2D eigenvalue weighted by Gasteiger charge is -2.31. The Hall–Kier alpha value is -3.00. The third-order valence-electron chi connectivity index (χ3n) is 4.90. The summed E-state index contributed by atoms with van der Waals surface area (Å²) in [5.74, 6) is 1.94. The zero-order valence-electron chi connectivity index (χ0n) is 15.2. The monoisotopic (exact) mass is 399 g/mol. The van der Waals surface area contributed by atoms with Crippen LogP contribution >= 0.6 is 11.6 Å². The van der Waals surface area contributed by atoms with E-state index in [4.69, 9.17) is 16.1 Å². The van der Waals surface area contributed by atoms with E-state index in [9.17, 15) is 10.1 Å². The largest absolute Gasteiger partial charge is 0.356 e. The first-order chi connectivity index (χ1) is 13.5. The molecule has 28 heavy (non-hydrogen) atoms. The highest BCUT2D eigenvalue weighted by molar-refractivity contribution is 6.30. The fourth-order valence-electron chi connectivity index (χ4n) is 3.40. The molecule has 2 aromatic heterocycles. The summed E-state index contributed by atoms with van der Waals surface area (Å²) in [6.45, 7) is 3.23. The van der Waals surface area contributed by atoms with Crippen molar-refractivity contribution in [3.63, 3.8) is 0 Å². The minimum Gasteiger partial charge on any atom is -0.356 e. The van der Waals surface area contributed by atoms with Gasteiger partial charge in [0.25, 0.3) is 5.69 Å². The molecular formula is C19H18ClN5O3. The average Bonchev–Trinajstić information content (AvgIpc) is 3.18. The number of nitrogens with zero attached hydrogens (tertiary/aromatic N) is 5. The number of pyridine rings is 1. The van der Waals surface area contributed by atoms with E-state index < -0.39 is 4.92 Å². The molecule has 1 aliphatic rings. The summed E-state index contributed by atoms with van der Waals surface area (Å²) in [4.78, 5) is 21.5. The van der Waals surface area contributed by atoms with Crippen LogP contribution in [-0.2, 0) is 0 Å². The van der Waals surface area contributed by atoms with Gasteiger partial charge in [-0.2, -0.15) is 4.98 Å². The van der Waals surface area contributed by atoms with Crippen LogP contribution in [-0.4, -0.2) is 33.1 Å². The van der Waals surface area contributed by atoms with Crippen molar-refractivity contribution >= 4 is 23.1 Å². The van der Waals surface area contributed by atoms with E-state index in [1.165, 1.54) is 6.20 Å². The Balaban J connectivity index is 1.52. The summed E-state index contributed by atoms with van der Waals surface area (Å²) in [5.41, 5.74) is 1.47. The van der Waals surface area contributed by atoms with Gasteiger partial charge >= 0.3 is 0 Å². The van der Waals surface area contributed by atoms with Crippen molar-refractivity contribution in [2.45, 2.75) is 25.7 Å². The highest BCUT2D eigenvalue weighted by Gasteiger charge is 2.27. The Labute approximate surface area is 166 Å². The highest BCUT2D eigenvalue weighted by atomic mass is 35.5. The Morgan fingerprint density at radius 2 is 2.11 bits per heavy atom. The van der Waals surface area contributed by atoms with Crippen LogP contribution in [0.4, 0.5) is 11.5 Å². The maximum atomic E-state index is 11.0. The van der Waals surface area contributed by atoms with Crippen LogP contribution in [0.25, 0.3) is 11.4 Å². The number of rotatable bonds is 4. The number of nitro groups is 1. The van der Waals surface area contributed by atoms with Crippen LogP contribution in [0.1, 0.15) is 30.2 Å². The molecule has 0 saturated carbocycles. The minimum absolute atomic E-state index is 0.0295. The third kappa shape index (κ3) is 3.68. The molecule has 0 aliphatic carbocycles. The molecule has 4 rings (SSSR count). The Morgan fingerprint density at radius 1 is 1.32 bits per heavy atom. The van der Waals surface area contributed by atoms with Crippen LogP contribution in [0, 0.1) is 17.0 Å². The lowest BCUT2D eigenvalue weighted by molar-refractivity contribution is -0.385. The van der Waals surface area contributed by atoms with Crippen molar-refractivity contribution in [3.8, 4) is 11.4 Å². The van der Waals surface area contributed by atoms with E-state index in [0.717, 1.165) is 30.8 Å². The van der Waals surface area contributed by atoms with Gasteiger partial charge in [0, 0.05) is 29.2 Å². The number of hydrogen-bond acceptors (Lipinski definition) is 7. The molecule has 0 spiro atoms. The highest BCUT2D eigenvalue weighted by Crippen LogP contribution is 2.31. The van der Waals surface area contributed by atoms with E-state index in [1.807, 2.05) is 12.1 Å². The number of aromatic nitrogens is 3. The summed E-state index contributed by atoms with van der Waals surface area (Å²) in [6, 6.07) is 9.05. The van der Waals surface area contributed by atoms with E-state index in [-0.39, 0.29) is 11.6 Å². The Morgan fingerprint density at radius 3 is 2.82 bits per heavy atom. The second-order valence-corrected chi connectivity index (χ2v) is 7.27. The molecule has 0 radical (unpaired) electrons.